The number of hydrogen-bond donors (Lipinski definition) is 5. The normalized spacial score (nSPS) is 17.8. The maximum atomic E-state index is 13.6. The second-order valence-corrected chi connectivity index (χ2v) is 12.4. The Kier molecular flexibility index (Phi) is 14.4. The second kappa shape index (κ2) is 17.5. The largest absolute Gasteiger partial charge is 0.467 e. The van der Waals surface area contributed by atoms with E-state index in [9.17, 15) is 33.9 Å². The van der Waals surface area contributed by atoms with Crippen LogP contribution in [0.25, 0.3) is 0 Å². The lowest BCUT2D eigenvalue weighted by Gasteiger charge is -2.30. The van der Waals surface area contributed by atoms with E-state index in [2.05, 4.69) is 26.0 Å². The van der Waals surface area contributed by atoms with Gasteiger partial charge in [0.15, 0.2) is 6.04 Å². The maximum Gasteiger partial charge on any atom is 0.408 e. The van der Waals surface area contributed by atoms with Crippen LogP contribution in [0.15, 0.2) is 30.3 Å². The summed E-state index contributed by atoms with van der Waals surface area (Å²) in [6, 6.07) is 3.53. The highest BCUT2D eigenvalue weighted by atomic mass is 16.6. The van der Waals surface area contributed by atoms with E-state index in [0.29, 0.717) is 19.3 Å². The molecule has 1 saturated heterocycles. The van der Waals surface area contributed by atoms with Crippen molar-refractivity contribution in [1.82, 2.24) is 26.2 Å². The van der Waals surface area contributed by atoms with Crippen molar-refractivity contribution >= 4 is 35.7 Å². The third-order valence-corrected chi connectivity index (χ3v) is 7.64. The molecular weight excluding hydrogens is 598 g/mol. The van der Waals surface area contributed by atoms with Crippen LogP contribution >= 0.6 is 0 Å². The molecule has 0 aromatic heterocycles. The Hall–Kier alpha value is -4.20. The lowest BCUT2D eigenvalue weighted by atomic mass is 9.98. The summed E-state index contributed by atoms with van der Waals surface area (Å²) < 4.78 is 9.93. The van der Waals surface area contributed by atoms with Crippen LogP contribution in [0.3, 0.4) is 0 Å². The number of benzene rings is 1. The fourth-order valence-electron chi connectivity index (χ4n) is 4.97. The van der Waals surface area contributed by atoms with Gasteiger partial charge >= 0.3 is 12.1 Å². The Balaban J connectivity index is 2.17. The van der Waals surface area contributed by atoms with Gasteiger partial charge in [-0.25, -0.2) is 9.59 Å². The lowest BCUT2D eigenvalue weighted by molar-refractivity contribution is -0.146. The van der Waals surface area contributed by atoms with Gasteiger partial charge in [-0.05, 0) is 52.0 Å². The summed E-state index contributed by atoms with van der Waals surface area (Å²) in [5.41, 5.74) is -0.0363. The highest BCUT2D eigenvalue weighted by Crippen LogP contribution is 2.20. The molecule has 0 unspecified atom stereocenters. The molecule has 0 aliphatic carbocycles. The number of alkyl carbamates (subject to hydrolysis) is 1. The molecule has 1 aliphatic heterocycles. The number of rotatable bonds is 14. The Morgan fingerprint density at radius 1 is 0.957 bits per heavy atom. The first-order valence-electron chi connectivity index (χ1n) is 15.6. The van der Waals surface area contributed by atoms with Gasteiger partial charge in [0.1, 0.15) is 29.8 Å². The molecule has 0 spiro atoms. The molecule has 14 nitrogen and oxygen atoms in total. The smallest absolute Gasteiger partial charge is 0.408 e. The number of nitrogens with zero attached hydrogens (tertiary/aromatic N) is 1. The van der Waals surface area contributed by atoms with Gasteiger partial charge in [-0.2, -0.15) is 0 Å². The summed E-state index contributed by atoms with van der Waals surface area (Å²) in [5.74, 6) is -3.47. The van der Waals surface area contributed by atoms with Crippen molar-refractivity contribution in [3.63, 3.8) is 0 Å². The first-order chi connectivity index (χ1) is 21.6. The van der Waals surface area contributed by atoms with E-state index >= 15 is 0 Å². The van der Waals surface area contributed by atoms with Gasteiger partial charge in [-0.15, -0.1) is 0 Å². The molecule has 5 N–H and O–H groups in total. The molecule has 5 amide bonds. The molecule has 1 aromatic rings. The monoisotopic (exact) mass is 647 g/mol. The number of aliphatic hydroxyl groups excluding tert-OH is 1. The summed E-state index contributed by atoms with van der Waals surface area (Å²) in [5, 5.41) is 20.0. The average molecular weight is 648 g/mol. The first kappa shape index (κ1) is 38.0. The van der Waals surface area contributed by atoms with Crippen LogP contribution in [0.2, 0.25) is 0 Å². The molecule has 1 aliphatic rings. The Morgan fingerprint density at radius 2 is 1.61 bits per heavy atom. The van der Waals surface area contributed by atoms with E-state index in [1.807, 2.05) is 6.92 Å². The van der Waals surface area contributed by atoms with Gasteiger partial charge in [0.25, 0.3) is 0 Å². The molecule has 256 valence electrons. The van der Waals surface area contributed by atoms with Crippen molar-refractivity contribution in [2.24, 2.45) is 5.92 Å². The minimum atomic E-state index is -1.33. The second-order valence-electron chi connectivity index (χ2n) is 12.4. The van der Waals surface area contributed by atoms with Crippen molar-refractivity contribution in [1.29, 1.82) is 0 Å². The topological polar surface area (TPSA) is 192 Å². The molecular formula is C32H49N5O9. The van der Waals surface area contributed by atoms with Crippen molar-refractivity contribution < 1.29 is 43.3 Å². The summed E-state index contributed by atoms with van der Waals surface area (Å²) >= 11 is 0. The SMILES string of the molecule is CC[C@H](C)[C@H](NC(=O)OC(C)(C)C)C(=O)N[C@@H](C)C(=O)N1CCC[C@H]1C(=O)N[C@@H](Cc1ccccc1)C(=O)N[C@@H](CO)C(=O)OC. The van der Waals surface area contributed by atoms with Gasteiger partial charge in [0.2, 0.25) is 23.6 Å². The van der Waals surface area contributed by atoms with Gasteiger partial charge in [0, 0.05) is 13.0 Å². The minimum absolute atomic E-state index is 0.0759. The number of esters is 1. The van der Waals surface area contributed by atoms with E-state index in [1.165, 1.54) is 11.8 Å². The Morgan fingerprint density at radius 3 is 2.17 bits per heavy atom. The number of likely N-dealkylation sites (tertiary alicyclic amines) is 1. The summed E-state index contributed by atoms with van der Waals surface area (Å²) in [4.78, 5) is 79.3. The standard InChI is InChI=1S/C32H49N5O9/c1-8-19(2)25(36-31(44)46-32(4,5)6)28(41)33-20(3)29(42)37-16-12-15-24(37)27(40)34-22(17-21-13-10-9-11-14-21)26(39)35-23(18-38)30(43)45-7/h9-11,13-14,19-20,22-25,38H,8,12,15-18H2,1-7H3,(H,33,41)(H,34,40)(H,35,39)(H,36,44)/t19-,20-,22-,23-,24-,25-/m0/s1. The number of ether oxygens (including phenoxy) is 2. The minimum Gasteiger partial charge on any atom is -0.467 e. The lowest BCUT2D eigenvalue weighted by Crippen LogP contribution is -2.59. The van der Waals surface area contributed by atoms with Gasteiger partial charge in [-0.1, -0.05) is 50.6 Å². The van der Waals surface area contributed by atoms with Gasteiger partial charge in [-0.3, -0.25) is 19.2 Å². The molecule has 2 rings (SSSR count). The van der Waals surface area contributed by atoms with Crippen LogP contribution in [0.5, 0.6) is 0 Å². The third-order valence-electron chi connectivity index (χ3n) is 7.64. The predicted molar refractivity (Wildman–Crippen MR) is 168 cm³/mol. The molecule has 46 heavy (non-hydrogen) atoms. The molecule has 1 aromatic carbocycles. The van der Waals surface area contributed by atoms with Gasteiger partial charge < -0.3 is 40.7 Å². The maximum absolute atomic E-state index is 13.6. The molecule has 6 atom stereocenters. The molecule has 1 heterocycles. The van der Waals surface area contributed by atoms with Crippen LogP contribution in [0.4, 0.5) is 4.79 Å². The Bertz CT molecular complexity index is 1220. The highest BCUT2D eigenvalue weighted by Gasteiger charge is 2.39. The number of hydrogen-bond acceptors (Lipinski definition) is 9. The van der Waals surface area contributed by atoms with Crippen LogP contribution in [0, 0.1) is 5.92 Å². The van der Waals surface area contributed by atoms with Crippen LogP contribution in [-0.2, 0) is 39.9 Å². The zero-order valence-corrected chi connectivity index (χ0v) is 27.8. The highest BCUT2D eigenvalue weighted by molar-refractivity contribution is 5.96. The molecule has 0 radical (unpaired) electrons. The average Bonchev–Trinajstić information content (AvgIpc) is 3.50. The Labute approximate surface area is 270 Å². The van der Waals surface area contributed by atoms with Crippen LogP contribution in [0.1, 0.15) is 66.4 Å². The van der Waals surface area contributed by atoms with E-state index in [-0.39, 0.29) is 18.9 Å². The van der Waals surface area contributed by atoms with Crippen molar-refractivity contribution in [2.75, 3.05) is 20.3 Å². The third kappa shape index (κ3) is 11.3. The predicted octanol–water partition coefficient (Wildman–Crippen LogP) is 0.799. The number of aliphatic hydroxyl groups is 1. The molecule has 0 bridgehead atoms. The quantitative estimate of drug-likeness (QED) is 0.182. The van der Waals surface area contributed by atoms with E-state index in [4.69, 9.17) is 4.74 Å². The summed E-state index contributed by atoms with van der Waals surface area (Å²) in [7, 11) is 1.12. The van der Waals surface area contributed by atoms with Crippen molar-refractivity contribution in [2.45, 2.75) is 103 Å². The molecule has 1 fully saturated rings. The van der Waals surface area contributed by atoms with Gasteiger partial charge in [0.05, 0.1) is 13.7 Å². The number of carbonyl (C=O) groups is 6. The number of methoxy groups -OCH3 is 1. The van der Waals surface area contributed by atoms with E-state index in [0.717, 1.165) is 12.7 Å². The van der Waals surface area contributed by atoms with Crippen LogP contribution < -0.4 is 21.3 Å². The van der Waals surface area contributed by atoms with Crippen molar-refractivity contribution in [3.05, 3.63) is 35.9 Å². The zero-order valence-electron chi connectivity index (χ0n) is 27.8. The van der Waals surface area contributed by atoms with E-state index in [1.54, 1.807) is 58.0 Å². The van der Waals surface area contributed by atoms with Crippen molar-refractivity contribution in [3.8, 4) is 0 Å². The number of amides is 5. The zero-order chi connectivity index (χ0) is 34.6. The summed E-state index contributed by atoms with van der Waals surface area (Å²) in [6.45, 7) is 9.84. The van der Waals surface area contributed by atoms with Crippen LogP contribution in [-0.4, -0.2) is 102 Å². The molecule has 0 saturated carbocycles. The first-order valence-corrected chi connectivity index (χ1v) is 15.6. The molecule has 14 heteroatoms. The van der Waals surface area contributed by atoms with E-state index < -0.39 is 78.1 Å². The fourth-order valence-corrected chi connectivity index (χ4v) is 4.97. The fraction of sp³-hybridized carbons (Fsp3) is 0.625. The number of nitrogens with one attached hydrogen (secondary N) is 4. The number of carbonyl (C=O) groups excluding carboxylic acids is 6. The summed E-state index contributed by atoms with van der Waals surface area (Å²) in [6.07, 6.45) is 0.738.